The second-order valence-corrected chi connectivity index (χ2v) is 5.77. The van der Waals surface area contributed by atoms with Crippen LogP contribution >= 0.6 is 0 Å². The van der Waals surface area contributed by atoms with Crippen LogP contribution in [0.25, 0.3) is 0 Å². The summed E-state index contributed by atoms with van der Waals surface area (Å²) in [6.45, 7) is 2.63. The van der Waals surface area contributed by atoms with Crippen molar-refractivity contribution in [1.82, 2.24) is 4.90 Å². The van der Waals surface area contributed by atoms with Crippen LogP contribution < -0.4 is 11.5 Å². The second kappa shape index (κ2) is 6.61. The van der Waals surface area contributed by atoms with Gasteiger partial charge in [-0.3, -0.25) is 9.59 Å². The minimum Gasteiger partial charge on any atom is -0.399 e. The summed E-state index contributed by atoms with van der Waals surface area (Å²) >= 11 is 0. The topological polar surface area (TPSA) is 89.4 Å². The van der Waals surface area contributed by atoms with Crippen molar-refractivity contribution in [3.05, 3.63) is 29.8 Å². The Morgan fingerprint density at radius 1 is 1.29 bits per heavy atom. The molecule has 2 amide bonds. The molecule has 0 bridgehead atoms. The third-order valence-corrected chi connectivity index (χ3v) is 4.14. The molecule has 5 nitrogen and oxygen atoms in total. The minimum atomic E-state index is -0.440. The van der Waals surface area contributed by atoms with Crippen molar-refractivity contribution in [2.75, 3.05) is 12.3 Å². The Labute approximate surface area is 125 Å². The van der Waals surface area contributed by atoms with Gasteiger partial charge in [0, 0.05) is 18.7 Å². The van der Waals surface area contributed by atoms with Crippen molar-refractivity contribution < 1.29 is 9.59 Å². The van der Waals surface area contributed by atoms with E-state index >= 15 is 0 Å². The molecule has 2 atom stereocenters. The van der Waals surface area contributed by atoms with Gasteiger partial charge in [0.05, 0.1) is 0 Å². The number of amides is 2. The van der Waals surface area contributed by atoms with E-state index in [9.17, 15) is 9.59 Å². The lowest BCUT2D eigenvalue weighted by Gasteiger charge is -2.34. The van der Waals surface area contributed by atoms with Gasteiger partial charge in [-0.25, -0.2) is 0 Å². The van der Waals surface area contributed by atoms with Gasteiger partial charge in [-0.05, 0) is 42.9 Å². The first-order valence-corrected chi connectivity index (χ1v) is 7.43. The lowest BCUT2D eigenvalue weighted by molar-refractivity contribution is -0.141. The predicted octanol–water partition coefficient (Wildman–Crippen LogP) is 1.63. The van der Waals surface area contributed by atoms with E-state index in [0.717, 1.165) is 18.4 Å². The highest BCUT2D eigenvalue weighted by molar-refractivity contribution is 5.87. The highest BCUT2D eigenvalue weighted by Crippen LogP contribution is 2.24. The van der Waals surface area contributed by atoms with Crippen LogP contribution in [0.4, 0.5) is 5.69 Å². The maximum atomic E-state index is 12.5. The number of anilines is 1. The van der Waals surface area contributed by atoms with Gasteiger partial charge in [0.25, 0.3) is 0 Å². The van der Waals surface area contributed by atoms with Gasteiger partial charge in [-0.1, -0.05) is 19.1 Å². The number of likely N-dealkylation sites (tertiary alicyclic amines) is 1. The lowest BCUT2D eigenvalue weighted by atomic mass is 9.95. The molecule has 2 unspecified atom stereocenters. The van der Waals surface area contributed by atoms with Gasteiger partial charge in [0.1, 0.15) is 6.04 Å². The molecule has 1 fully saturated rings. The number of benzene rings is 1. The third kappa shape index (κ3) is 3.74. The average molecular weight is 289 g/mol. The quantitative estimate of drug-likeness (QED) is 0.825. The number of primary amides is 1. The molecule has 1 saturated heterocycles. The maximum Gasteiger partial charge on any atom is 0.240 e. The number of carbonyl (C=O) groups is 2. The zero-order valence-electron chi connectivity index (χ0n) is 12.4. The van der Waals surface area contributed by atoms with Crippen LogP contribution in [0.5, 0.6) is 0 Å². The van der Waals surface area contributed by atoms with Crippen LogP contribution in [-0.4, -0.2) is 29.3 Å². The number of nitrogens with zero attached hydrogens (tertiary/aromatic N) is 1. The predicted molar refractivity (Wildman–Crippen MR) is 82.4 cm³/mol. The number of carbonyl (C=O) groups excluding carboxylic acids is 2. The van der Waals surface area contributed by atoms with Crippen LogP contribution in [-0.2, 0) is 9.59 Å². The Morgan fingerprint density at radius 2 is 1.95 bits per heavy atom. The van der Waals surface area contributed by atoms with Gasteiger partial charge in [0.15, 0.2) is 0 Å². The highest BCUT2D eigenvalue weighted by atomic mass is 16.2. The largest absolute Gasteiger partial charge is 0.399 e. The molecule has 1 heterocycles. The van der Waals surface area contributed by atoms with Crippen molar-refractivity contribution >= 4 is 17.5 Å². The van der Waals surface area contributed by atoms with Gasteiger partial charge in [-0.15, -0.1) is 0 Å². The summed E-state index contributed by atoms with van der Waals surface area (Å²) in [5, 5.41) is 0. The summed E-state index contributed by atoms with van der Waals surface area (Å²) in [4.78, 5) is 25.6. The average Bonchev–Trinajstić information content (AvgIpc) is 2.47. The van der Waals surface area contributed by atoms with Crippen LogP contribution in [0.3, 0.4) is 0 Å². The molecule has 0 spiro atoms. The zero-order chi connectivity index (χ0) is 15.4. The molecule has 0 radical (unpaired) electrons. The maximum absolute atomic E-state index is 12.5. The number of nitrogen functional groups attached to an aromatic ring is 1. The van der Waals surface area contributed by atoms with Gasteiger partial charge < -0.3 is 16.4 Å². The smallest absolute Gasteiger partial charge is 0.240 e. The fourth-order valence-corrected chi connectivity index (χ4v) is 2.85. The van der Waals surface area contributed by atoms with Gasteiger partial charge >= 0.3 is 0 Å². The Morgan fingerprint density at radius 3 is 2.57 bits per heavy atom. The van der Waals surface area contributed by atoms with Crippen molar-refractivity contribution in [3.8, 4) is 0 Å². The number of rotatable bonds is 4. The molecule has 1 aromatic carbocycles. The monoisotopic (exact) mass is 289 g/mol. The molecule has 114 valence electrons. The molecule has 1 aliphatic heterocycles. The molecule has 0 aliphatic carbocycles. The third-order valence-electron chi connectivity index (χ3n) is 4.14. The number of piperidine rings is 1. The van der Waals surface area contributed by atoms with E-state index in [4.69, 9.17) is 11.5 Å². The van der Waals surface area contributed by atoms with E-state index in [1.165, 1.54) is 0 Å². The fraction of sp³-hybridized carbons (Fsp3) is 0.500. The van der Waals surface area contributed by atoms with E-state index in [2.05, 4.69) is 0 Å². The van der Waals surface area contributed by atoms with Crippen molar-refractivity contribution in [2.24, 2.45) is 5.73 Å². The highest BCUT2D eigenvalue weighted by Gasteiger charge is 2.31. The van der Waals surface area contributed by atoms with E-state index < -0.39 is 11.9 Å². The summed E-state index contributed by atoms with van der Waals surface area (Å²) < 4.78 is 0. The molecule has 0 saturated carbocycles. The van der Waals surface area contributed by atoms with Crippen molar-refractivity contribution in [1.29, 1.82) is 0 Å². The molecule has 1 aromatic rings. The Bertz CT molecular complexity index is 513. The van der Waals surface area contributed by atoms with Crippen molar-refractivity contribution in [3.63, 3.8) is 0 Å². The van der Waals surface area contributed by atoms with E-state index in [1.54, 1.807) is 4.90 Å². The minimum absolute atomic E-state index is 0.00262. The number of nitrogens with two attached hydrogens (primary N) is 2. The summed E-state index contributed by atoms with van der Waals surface area (Å²) in [7, 11) is 0. The molecule has 2 rings (SSSR count). The standard InChI is InChI=1S/C16H23N3O2/c1-11(12-5-7-13(17)8-6-12)10-15(20)19-9-3-2-4-14(19)16(18)21/h5-8,11,14H,2-4,9-10,17H2,1H3,(H2,18,21). The molecular formula is C16H23N3O2. The number of hydrogen-bond donors (Lipinski definition) is 2. The molecular weight excluding hydrogens is 266 g/mol. The van der Waals surface area contributed by atoms with E-state index in [-0.39, 0.29) is 11.8 Å². The molecule has 4 N–H and O–H groups in total. The zero-order valence-corrected chi connectivity index (χ0v) is 12.4. The summed E-state index contributed by atoms with van der Waals surface area (Å²) in [6, 6.07) is 7.11. The van der Waals surface area contributed by atoms with Crippen LogP contribution in [0.15, 0.2) is 24.3 Å². The summed E-state index contributed by atoms with van der Waals surface area (Å²) in [5.41, 5.74) is 12.9. The Balaban J connectivity index is 2.02. The normalized spacial score (nSPS) is 20.0. The number of hydrogen-bond acceptors (Lipinski definition) is 3. The van der Waals surface area contributed by atoms with E-state index in [1.807, 2.05) is 31.2 Å². The van der Waals surface area contributed by atoms with Gasteiger partial charge in [0.2, 0.25) is 11.8 Å². The van der Waals surface area contributed by atoms with E-state index in [0.29, 0.717) is 25.1 Å². The van der Waals surface area contributed by atoms with Gasteiger partial charge in [-0.2, -0.15) is 0 Å². The Hall–Kier alpha value is -2.04. The first kappa shape index (κ1) is 15.4. The molecule has 0 aromatic heterocycles. The fourth-order valence-electron chi connectivity index (χ4n) is 2.85. The van der Waals surface area contributed by atoms with Crippen molar-refractivity contribution in [2.45, 2.75) is 44.6 Å². The lowest BCUT2D eigenvalue weighted by Crippen LogP contribution is -2.50. The Kier molecular flexibility index (Phi) is 4.83. The SMILES string of the molecule is CC(CC(=O)N1CCCCC1C(N)=O)c1ccc(N)cc1. The van der Waals surface area contributed by atoms with Crippen LogP contribution in [0, 0.1) is 0 Å². The van der Waals surface area contributed by atoms with Crippen LogP contribution in [0.2, 0.25) is 0 Å². The first-order chi connectivity index (χ1) is 9.99. The van der Waals surface area contributed by atoms with Crippen LogP contribution in [0.1, 0.15) is 44.1 Å². The molecule has 1 aliphatic rings. The second-order valence-electron chi connectivity index (χ2n) is 5.77. The summed E-state index contributed by atoms with van der Waals surface area (Å²) in [5.74, 6) is -0.306. The summed E-state index contributed by atoms with van der Waals surface area (Å²) in [6.07, 6.45) is 2.95. The molecule has 21 heavy (non-hydrogen) atoms. The first-order valence-electron chi connectivity index (χ1n) is 7.43. The molecule has 5 heteroatoms.